The summed E-state index contributed by atoms with van der Waals surface area (Å²) in [5.41, 5.74) is 0.266. The van der Waals surface area contributed by atoms with Gasteiger partial charge in [-0.25, -0.2) is 9.97 Å². The lowest BCUT2D eigenvalue weighted by Crippen LogP contribution is -2.06. The predicted molar refractivity (Wildman–Crippen MR) is 76.6 cm³/mol. The lowest BCUT2D eigenvalue weighted by molar-refractivity contribution is -0.384. The molecule has 0 saturated heterocycles. The second-order valence-electron chi connectivity index (χ2n) is 4.30. The summed E-state index contributed by atoms with van der Waals surface area (Å²) in [6.07, 6.45) is 4.37. The standard InChI is InChI=1S/C13H17N5O2/c1-3-8-17-9-7-15-13(17)12-10(18(19)20)5-6-11(16-12)14-4-2/h5-7,9H,3-4,8H2,1-2H3,(H,14,16). The Bertz CT molecular complexity index is 609. The van der Waals surface area contributed by atoms with E-state index in [1.54, 1.807) is 12.3 Å². The largest absolute Gasteiger partial charge is 0.370 e. The molecule has 2 heterocycles. The van der Waals surface area contributed by atoms with Crippen molar-refractivity contribution in [3.63, 3.8) is 0 Å². The summed E-state index contributed by atoms with van der Waals surface area (Å²) in [7, 11) is 0. The zero-order valence-electron chi connectivity index (χ0n) is 11.5. The minimum absolute atomic E-state index is 0.0322. The topological polar surface area (TPSA) is 85.9 Å². The van der Waals surface area contributed by atoms with Crippen molar-refractivity contribution in [3.8, 4) is 11.5 Å². The van der Waals surface area contributed by atoms with E-state index in [4.69, 9.17) is 0 Å². The molecule has 0 saturated carbocycles. The minimum Gasteiger partial charge on any atom is -0.370 e. The van der Waals surface area contributed by atoms with Crippen LogP contribution in [-0.2, 0) is 6.54 Å². The predicted octanol–water partition coefficient (Wildman–Crippen LogP) is 2.70. The van der Waals surface area contributed by atoms with Gasteiger partial charge in [0.1, 0.15) is 5.82 Å². The number of anilines is 1. The first-order chi connectivity index (χ1) is 9.67. The zero-order valence-corrected chi connectivity index (χ0v) is 11.5. The minimum atomic E-state index is -0.428. The first kappa shape index (κ1) is 14.0. The van der Waals surface area contributed by atoms with Crippen molar-refractivity contribution in [3.05, 3.63) is 34.6 Å². The molecule has 0 aliphatic carbocycles. The highest BCUT2D eigenvalue weighted by molar-refractivity contribution is 5.66. The average Bonchev–Trinajstić information content (AvgIpc) is 2.87. The lowest BCUT2D eigenvalue weighted by Gasteiger charge is -2.08. The lowest BCUT2D eigenvalue weighted by atomic mass is 10.2. The van der Waals surface area contributed by atoms with E-state index in [9.17, 15) is 10.1 Å². The molecule has 0 radical (unpaired) electrons. The number of aromatic nitrogens is 3. The van der Waals surface area contributed by atoms with Gasteiger partial charge in [-0.15, -0.1) is 0 Å². The fourth-order valence-corrected chi connectivity index (χ4v) is 1.99. The molecular weight excluding hydrogens is 258 g/mol. The second kappa shape index (κ2) is 6.14. The molecule has 0 aliphatic heterocycles. The van der Waals surface area contributed by atoms with Gasteiger partial charge in [-0.2, -0.15) is 0 Å². The SMILES string of the molecule is CCCn1ccnc1-c1nc(NCC)ccc1[N+](=O)[O-]. The Morgan fingerprint density at radius 2 is 2.20 bits per heavy atom. The molecule has 20 heavy (non-hydrogen) atoms. The van der Waals surface area contributed by atoms with Crippen LogP contribution in [0.2, 0.25) is 0 Å². The summed E-state index contributed by atoms with van der Waals surface area (Å²) < 4.78 is 1.88. The van der Waals surface area contributed by atoms with Gasteiger partial charge in [-0.05, 0) is 19.4 Å². The van der Waals surface area contributed by atoms with E-state index in [-0.39, 0.29) is 5.69 Å². The fraction of sp³-hybridized carbons (Fsp3) is 0.385. The Labute approximate surface area is 116 Å². The summed E-state index contributed by atoms with van der Waals surface area (Å²) in [4.78, 5) is 19.3. The number of aryl methyl sites for hydroxylation is 1. The summed E-state index contributed by atoms with van der Waals surface area (Å²) in [6.45, 7) is 5.44. The second-order valence-corrected chi connectivity index (χ2v) is 4.30. The van der Waals surface area contributed by atoms with Crippen LogP contribution < -0.4 is 5.32 Å². The van der Waals surface area contributed by atoms with Crippen LogP contribution in [0.4, 0.5) is 11.5 Å². The Balaban J connectivity index is 2.53. The van der Waals surface area contributed by atoms with Crippen molar-refractivity contribution in [1.82, 2.24) is 14.5 Å². The van der Waals surface area contributed by atoms with Crippen LogP contribution in [0.1, 0.15) is 20.3 Å². The zero-order chi connectivity index (χ0) is 14.5. The van der Waals surface area contributed by atoms with Gasteiger partial charge in [0, 0.05) is 31.5 Å². The number of rotatable bonds is 6. The first-order valence-electron chi connectivity index (χ1n) is 6.58. The Morgan fingerprint density at radius 3 is 2.85 bits per heavy atom. The van der Waals surface area contributed by atoms with Gasteiger partial charge >= 0.3 is 0 Å². The fourth-order valence-electron chi connectivity index (χ4n) is 1.99. The van der Waals surface area contributed by atoms with Crippen LogP contribution in [0.25, 0.3) is 11.5 Å². The third-order valence-corrected chi connectivity index (χ3v) is 2.82. The van der Waals surface area contributed by atoms with Crippen molar-refractivity contribution in [2.24, 2.45) is 0 Å². The normalized spacial score (nSPS) is 10.5. The molecule has 0 aromatic carbocycles. The highest BCUT2D eigenvalue weighted by Gasteiger charge is 2.21. The summed E-state index contributed by atoms with van der Waals surface area (Å²) in [6, 6.07) is 3.07. The van der Waals surface area contributed by atoms with E-state index < -0.39 is 4.92 Å². The average molecular weight is 275 g/mol. The van der Waals surface area contributed by atoms with Gasteiger partial charge in [0.25, 0.3) is 5.69 Å². The molecule has 106 valence electrons. The maximum Gasteiger partial charge on any atom is 0.298 e. The van der Waals surface area contributed by atoms with Crippen LogP contribution in [0.3, 0.4) is 0 Å². The van der Waals surface area contributed by atoms with Crippen LogP contribution in [0.15, 0.2) is 24.5 Å². The molecule has 0 spiro atoms. The molecule has 2 rings (SSSR count). The first-order valence-corrected chi connectivity index (χ1v) is 6.58. The molecule has 0 amide bonds. The van der Waals surface area contributed by atoms with E-state index >= 15 is 0 Å². The molecule has 7 nitrogen and oxygen atoms in total. The van der Waals surface area contributed by atoms with Crippen molar-refractivity contribution in [1.29, 1.82) is 0 Å². The van der Waals surface area contributed by atoms with E-state index in [0.29, 0.717) is 23.9 Å². The maximum absolute atomic E-state index is 11.2. The third-order valence-electron chi connectivity index (χ3n) is 2.82. The van der Waals surface area contributed by atoms with Crippen LogP contribution in [0, 0.1) is 10.1 Å². The van der Waals surface area contributed by atoms with E-state index in [1.165, 1.54) is 6.07 Å². The van der Waals surface area contributed by atoms with E-state index in [0.717, 1.165) is 13.0 Å². The van der Waals surface area contributed by atoms with Crippen molar-refractivity contribution < 1.29 is 4.92 Å². The number of imidazole rings is 1. The molecule has 0 aliphatic rings. The number of pyridine rings is 1. The quantitative estimate of drug-likeness (QED) is 0.647. The van der Waals surface area contributed by atoms with Crippen molar-refractivity contribution in [2.45, 2.75) is 26.8 Å². The van der Waals surface area contributed by atoms with Crippen LogP contribution in [-0.4, -0.2) is 26.0 Å². The number of nitrogens with zero attached hydrogens (tertiary/aromatic N) is 4. The van der Waals surface area contributed by atoms with Gasteiger partial charge in [0.05, 0.1) is 4.92 Å². The highest BCUT2D eigenvalue weighted by Crippen LogP contribution is 2.28. The summed E-state index contributed by atoms with van der Waals surface area (Å²) >= 11 is 0. The van der Waals surface area contributed by atoms with Gasteiger partial charge < -0.3 is 9.88 Å². The molecule has 0 unspecified atom stereocenters. The van der Waals surface area contributed by atoms with Crippen molar-refractivity contribution in [2.75, 3.05) is 11.9 Å². The molecule has 0 bridgehead atoms. The Morgan fingerprint density at radius 1 is 1.40 bits per heavy atom. The third kappa shape index (κ3) is 2.76. The van der Waals surface area contributed by atoms with Crippen LogP contribution in [0.5, 0.6) is 0 Å². The van der Waals surface area contributed by atoms with Crippen molar-refractivity contribution >= 4 is 11.5 Å². The molecular formula is C13H17N5O2. The molecule has 2 aromatic rings. The Hall–Kier alpha value is -2.44. The van der Waals surface area contributed by atoms with Crippen LogP contribution >= 0.6 is 0 Å². The highest BCUT2D eigenvalue weighted by atomic mass is 16.6. The maximum atomic E-state index is 11.2. The van der Waals surface area contributed by atoms with Gasteiger partial charge in [-0.3, -0.25) is 10.1 Å². The molecule has 1 N–H and O–H groups in total. The number of nitrogens with one attached hydrogen (secondary N) is 1. The number of nitro groups is 1. The number of hydrogen-bond donors (Lipinski definition) is 1. The van der Waals surface area contributed by atoms with E-state index in [2.05, 4.69) is 15.3 Å². The molecule has 0 fully saturated rings. The number of hydrogen-bond acceptors (Lipinski definition) is 5. The van der Waals surface area contributed by atoms with Gasteiger partial charge in [-0.1, -0.05) is 6.92 Å². The summed E-state index contributed by atoms with van der Waals surface area (Å²) in [5.74, 6) is 1.14. The van der Waals surface area contributed by atoms with E-state index in [1.807, 2.05) is 24.6 Å². The monoisotopic (exact) mass is 275 g/mol. The molecule has 2 aromatic heterocycles. The summed E-state index contributed by atoms with van der Waals surface area (Å²) in [5, 5.41) is 14.2. The smallest absolute Gasteiger partial charge is 0.298 e. The molecule has 7 heteroatoms. The van der Waals surface area contributed by atoms with Gasteiger partial charge in [0.15, 0.2) is 11.5 Å². The van der Waals surface area contributed by atoms with Gasteiger partial charge in [0.2, 0.25) is 0 Å². The Kier molecular flexibility index (Phi) is 4.29. The molecule has 0 atom stereocenters.